The molecule has 0 spiro atoms. The number of piperidine rings is 1. The zero-order valence-corrected chi connectivity index (χ0v) is 32.1. The molecular weight excluding hydrogens is 745 g/mol. The summed E-state index contributed by atoms with van der Waals surface area (Å²) in [4.78, 5) is 34.6. The van der Waals surface area contributed by atoms with Gasteiger partial charge in [0.05, 0.1) is 41.6 Å². The van der Waals surface area contributed by atoms with Gasteiger partial charge >= 0.3 is 12.1 Å². The highest BCUT2D eigenvalue weighted by Gasteiger charge is 2.65. The fourth-order valence-electron chi connectivity index (χ4n) is 9.33. The molecule has 8 rings (SSSR count). The molecule has 0 radical (unpaired) electrons. The van der Waals surface area contributed by atoms with Crippen molar-refractivity contribution >= 4 is 23.4 Å². The molecule has 294 valence electrons. The van der Waals surface area contributed by atoms with Gasteiger partial charge in [-0.15, -0.1) is 0 Å². The predicted molar refractivity (Wildman–Crippen MR) is 205 cm³/mol. The summed E-state index contributed by atoms with van der Waals surface area (Å²) < 4.78 is 55.2. The minimum Gasteiger partial charge on any atom is -0.481 e. The summed E-state index contributed by atoms with van der Waals surface area (Å²) in [6.45, 7) is 2.26. The number of hydrogen-bond acceptors (Lipinski definition) is 8. The van der Waals surface area contributed by atoms with Crippen molar-refractivity contribution in [2.45, 2.75) is 70.1 Å². The second-order valence-corrected chi connectivity index (χ2v) is 16.2. The van der Waals surface area contributed by atoms with E-state index >= 15 is 0 Å². The summed E-state index contributed by atoms with van der Waals surface area (Å²) in [5.41, 5.74) is 4.67. The molecule has 3 heterocycles. The Balaban J connectivity index is 1.03. The first-order valence-corrected chi connectivity index (χ1v) is 19.5. The third kappa shape index (κ3) is 7.27. The second-order valence-electron chi connectivity index (χ2n) is 15.8. The van der Waals surface area contributed by atoms with Crippen molar-refractivity contribution in [1.82, 2.24) is 20.2 Å². The summed E-state index contributed by atoms with van der Waals surface area (Å²) in [7, 11) is 2.98. The maximum Gasteiger partial charge on any atom is 0.418 e. The Kier molecular flexibility index (Phi) is 10.3. The SMILES string of the molecule is COc1nc(-c2cccc(-c3cccc4c3CC[C@@H]4Cc3nc(OC)c(CN4C[C@@H]5C[C@]5(C(=O)O)C4)cc3C(F)(F)F)c2Cl)ccc1CNC[C@@H]1CCC(=O)C1. The van der Waals surface area contributed by atoms with Gasteiger partial charge in [0.2, 0.25) is 11.8 Å². The fourth-order valence-corrected chi connectivity index (χ4v) is 9.65. The van der Waals surface area contributed by atoms with E-state index < -0.39 is 23.1 Å². The monoisotopic (exact) mass is 788 g/mol. The number of carbonyl (C=O) groups is 2. The Hall–Kier alpha value is -4.52. The van der Waals surface area contributed by atoms with Gasteiger partial charge in [0, 0.05) is 61.3 Å². The van der Waals surface area contributed by atoms with E-state index in [1.54, 1.807) is 7.11 Å². The van der Waals surface area contributed by atoms with Crippen LogP contribution in [0.15, 0.2) is 54.6 Å². The number of ketones is 1. The minimum absolute atomic E-state index is 0.0197. The predicted octanol–water partition coefficient (Wildman–Crippen LogP) is 8.14. The number of carbonyl (C=O) groups excluding carboxylic acids is 1. The molecule has 0 bridgehead atoms. The first kappa shape index (κ1) is 38.4. The van der Waals surface area contributed by atoms with Crippen LogP contribution in [-0.2, 0) is 41.7 Å². The number of Topliss-reactive ketones (excluding diaryl/α,β-unsaturated/α-hetero) is 1. The molecule has 1 aliphatic heterocycles. The van der Waals surface area contributed by atoms with Crippen molar-refractivity contribution in [3.63, 3.8) is 0 Å². The van der Waals surface area contributed by atoms with E-state index in [1.165, 1.54) is 7.11 Å². The molecule has 0 amide bonds. The lowest BCUT2D eigenvalue weighted by Gasteiger charge is -2.23. The third-order valence-electron chi connectivity index (χ3n) is 12.3. The maximum absolute atomic E-state index is 14.7. The van der Waals surface area contributed by atoms with Crippen LogP contribution in [-0.4, -0.2) is 65.6 Å². The standard InChI is InChI=1S/C43H44ClF3N4O5/c1-55-39-26(20-48-19-24-9-12-29(52)15-24)11-14-36(49-39)34-8-4-7-33(38(34)44)31-6-3-5-30-25(10-13-32(30)31)17-37-35(43(45,46)47)16-27(40(50-37)56-2)21-51-22-28-18-42(28,23-51)41(53)54/h3-8,11,14,16,24-25,28,48H,9-10,12-13,15,17-23H2,1-2H3,(H,53,54)/t24-,25-,28+,42+/m1/s1. The molecule has 4 aliphatic rings. The van der Waals surface area contributed by atoms with Crippen molar-refractivity contribution in [2.24, 2.45) is 17.3 Å². The van der Waals surface area contributed by atoms with Crippen LogP contribution < -0.4 is 14.8 Å². The molecule has 2 aromatic carbocycles. The van der Waals surface area contributed by atoms with Gasteiger partial charge in [0.15, 0.2) is 0 Å². The number of hydrogen-bond donors (Lipinski definition) is 2. The number of alkyl halides is 3. The summed E-state index contributed by atoms with van der Waals surface area (Å²) >= 11 is 7.16. The van der Waals surface area contributed by atoms with Crippen LogP contribution >= 0.6 is 11.6 Å². The number of pyridine rings is 2. The minimum atomic E-state index is -4.64. The molecule has 56 heavy (non-hydrogen) atoms. The van der Waals surface area contributed by atoms with Crippen LogP contribution in [0.5, 0.6) is 11.8 Å². The summed E-state index contributed by atoms with van der Waals surface area (Å²) in [6.07, 6.45) is -0.454. The van der Waals surface area contributed by atoms with Crippen molar-refractivity contribution in [3.05, 3.63) is 93.1 Å². The van der Waals surface area contributed by atoms with Gasteiger partial charge in [-0.3, -0.25) is 14.5 Å². The number of nitrogens with one attached hydrogen (secondary N) is 1. The van der Waals surface area contributed by atoms with Crippen LogP contribution in [0.25, 0.3) is 22.4 Å². The number of nitrogens with zero attached hydrogens (tertiary/aromatic N) is 3. The van der Waals surface area contributed by atoms with Crippen LogP contribution in [0, 0.1) is 17.3 Å². The van der Waals surface area contributed by atoms with Gasteiger partial charge in [-0.25, -0.2) is 9.97 Å². The smallest absolute Gasteiger partial charge is 0.418 e. The first-order valence-electron chi connectivity index (χ1n) is 19.2. The highest BCUT2D eigenvalue weighted by atomic mass is 35.5. The number of likely N-dealkylation sites (tertiary alicyclic amines) is 1. The lowest BCUT2D eigenvalue weighted by molar-refractivity contribution is -0.143. The molecule has 2 saturated carbocycles. The Morgan fingerprint density at radius 3 is 2.46 bits per heavy atom. The second kappa shape index (κ2) is 15.1. The number of aromatic nitrogens is 2. The van der Waals surface area contributed by atoms with E-state index in [9.17, 15) is 27.9 Å². The Labute approximate surface area is 328 Å². The van der Waals surface area contributed by atoms with E-state index in [0.29, 0.717) is 85.6 Å². The van der Waals surface area contributed by atoms with Crippen molar-refractivity contribution in [2.75, 3.05) is 33.9 Å². The summed E-state index contributed by atoms with van der Waals surface area (Å²) in [5.74, 6) is 0.254. The number of carboxylic acids is 1. The first-order chi connectivity index (χ1) is 26.9. The van der Waals surface area contributed by atoms with Crippen LogP contribution in [0.3, 0.4) is 0 Å². The number of methoxy groups -OCH3 is 2. The summed E-state index contributed by atoms with van der Waals surface area (Å²) in [6, 6.07) is 16.7. The molecule has 4 aromatic rings. The molecule has 3 aliphatic carbocycles. The summed E-state index contributed by atoms with van der Waals surface area (Å²) in [5, 5.41) is 13.6. The molecule has 3 fully saturated rings. The number of benzene rings is 2. The van der Waals surface area contributed by atoms with E-state index in [4.69, 9.17) is 26.1 Å². The fraction of sp³-hybridized carbons (Fsp3) is 0.442. The number of halogens is 4. The van der Waals surface area contributed by atoms with Crippen LogP contribution in [0.2, 0.25) is 5.02 Å². The van der Waals surface area contributed by atoms with Crippen molar-refractivity contribution in [1.29, 1.82) is 0 Å². The number of aliphatic carboxylic acids is 1. The Morgan fingerprint density at radius 1 is 1.00 bits per heavy atom. The molecule has 2 aromatic heterocycles. The topological polar surface area (TPSA) is 114 Å². The normalized spacial score (nSPS) is 23.0. The van der Waals surface area contributed by atoms with Gasteiger partial charge in [-0.05, 0) is 85.2 Å². The molecule has 0 unspecified atom stereocenters. The maximum atomic E-state index is 14.7. The lowest BCUT2D eigenvalue weighted by Crippen LogP contribution is -2.28. The molecular formula is C43H44ClF3N4O5. The van der Waals surface area contributed by atoms with E-state index in [2.05, 4.69) is 10.3 Å². The van der Waals surface area contributed by atoms with E-state index in [-0.39, 0.29) is 36.4 Å². The molecule has 2 N–H and O–H groups in total. The van der Waals surface area contributed by atoms with E-state index in [1.807, 2.05) is 53.4 Å². The average molecular weight is 789 g/mol. The van der Waals surface area contributed by atoms with Gasteiger partial charge in [-0.1, -0.05) is 54.1 Å². The van der Waals surface area contributed by atoms with Crippen LogP contribution in [0.4, 0.5) is 13.2 Å². The average Bonchev–Trinajstić information content (AvgIpc) is 3.44. The quantitative estimate of drug-likeness (QED) is 0.139. The number of ether oxygens (including phenoxy) is 2. The van der Waals surface area contributed by atoms with Gasteiger partial charge < -0.3 is 19.9 Å². The zero-order valence-electron chi connectivity index (χ0n) is 31.3. The van der Waals surface area contributed by atoms with Crippen molar-refractivity contribution in [3.8, 4) is 34.1 Å². The van der Waals surface area contributed by atoms with Crippen molar-refractivity contribution < 1.29 is 37.3 Å². The molecule has 4 atom stereocenters. The lowest BCUT2D eigenvalue weighted by atomic mass is 9.90. The highest BCUT2D eigenvalue weighted by Crippen LogP contribution is 2.58. The van der Waals surface area contributed by atoms with Gasteiger partial charge in [-0.2, -0.15) is 13.2 Å². The Bertz CT molecular complexity index is 2200. The van der Waals surface area contributed by atoms with Crippen LogP contribution in [0.1, 0.15) is 71.5 Å². The zero-order chi connectivity index (χ0) is 39.4. The molecule has 13 heteroatoms. The largest absolute Gasteiger partial charge is 0.481 e. The van der Waals surface area contributed by atoms with Gasteiger partial charge in [0.1, 0.15) is 5.78 Å². The number of fused-ring (bicyclic) bond motifs is 2. The molecule has 9 nitrogen and oxygen atoms in total. The Morgan fingerprint density at radius 2 is 1.75 bits per heavy atom. The van der Waals surface area contributed by atoms with Gasteiger partial charge in [0.25, 0.3) is 0 Å². The number of carboxylic acid groups (broad SMARTS) is 1. The van der Waals surface area contributed by atoms with E-state index in [0.717, 1.165) is 52.4 Å². The molecule has 1 saturated heterocycles. The highest BCUT2D eigenvalue weighted by molar-refractivity contribution is 6.36. The number of rotatable bonds is 13. The third-order valence-corrected chi connectivity index (χ3v) is 12.7.